The summed E-state index contributed by atoms with van der Waals surface area (Å²) in [5.41, 5.74) is 3.90. The van der Waals surface area contributed by atoms with Crippen molar-refractivity contribution < 1.29 is 28.5 Å². The number of carbonyl (C=O) groups excluding carboxylic acids is 1. The molecular weight excluding hydrogens is 456 g/mol. The Labute approximate surface area is 202 Å². The average Bonchev–Trinajstić information content (AvgIpc) is 3.14. The van der Waals surface area contributed by atoms with Crippen LogP contribution in [-0.2, 0) is 18.0 Å². The highest BCUT2D eigenvalue weighted by Gasteiger charge is 2.30. The first kappa shape index (κ1) is 22.3. The number of Topliss-reactive ketones (excluding diaryl/α,β-unsaturated/α-hetero) is 1. The summed E-state index contributed by atoms with van der Waals surface area (Å²) in [6, 6.07) is 14.7. The van der Waals surface area contributed by atoms with Crippen LogP contribution in [0.3, 0.4) is 0 Å². The van der Waals surface area contributed by atoms with Gasteiger partial charge >= 0.3 is 0 Å². The van der Waals surface area contributed by atoms with Gasteiger partial charge in [0.15, 0.2) is 12.6 Å². The van der Waals surface area contributed by atoms with Crippen molar-refractivity contribution in [3.63, 3.8) is 0 Å². The molecule has 2 aliphatic rings. The molecule has 0 spiro atoms. The van der Waals surface area contributed by atoms with E-state index >= 15 is 0 Å². The Kier molecular flexibility index (Phi) is 6.18. The highest BCUT2D eigenvalue weighted by atomic mass is 35.5. The maximum atomic E-state index is 13.0. The molecule has 0 amide bonds. The molecule has 0 N–H and O–H groups in total. The van der Waals surface area contributed by atoms with Gasteiger partial charge in [-0.05, 0) is 61.4 Å². The van der Waals surface area contributed by atoms with Crippen LogP contribution in [0.5, 0.6) is 23.0 Å². The average molecular weight is 479 g/mol. The Balaban J connectivity index is 1.35. The predicted molar refractivity (Wildman–Crippen MR) is 128 cm³/mol. The SMILES string of the molecule is CCOc1ccc(/C=C2\Oc3cc(OCc4cc(Cl)cc5c4OCOC5)cc(C)c3C2=O)cc1. The van der Waals surface area contributed by atoms with Gasteiger partial charge < -0.3 is 23.7 Å². The van der Waals surface area contributed by atoms with Gasteiger partial charge in [0.1, 0.15) is 29.6 Å². The van der Waals surface area contributed by atoms with Crippen LogP contribution in [-0.4, -0.2) is 19.2 Å². The van der Waals surface area contributed by atoms with E-state index in [1.165, 1.54) is 0 Å². The number of aryl methyl sites for hydroxylation is 1. The number of benzene rings is 3. The molecule has 0 aromatic heterocycles. The fourth-order valence-corrected chi connectivity index (χ4v) is 4.33. The first-order valence-corrected chi connectivity index (χ1v) is 11.4. The first-order chi connectivity index (χ1) is 16.5. The molecule has 2 aliphatic heterocycles. The lowest BCUT2D eigenvalue weighted by molar-refractivity contribution is -0.0175. The van der Waals surface area contributed by atoms with Crippen LogP contribution in [0.1, 0.15) is 39.5 Å². The molecule has 3 aromatic rings. The third kappa shape index (κ3) is 4.47. The lowest BCUT2D eigenvalue weighted by Gasteiger charge is -2.21. The van der Waals surface area contributed by atoms with Crippen LogP contribution in [0.2, 0.25) is 5.02 Å². The first-order valence-electron chi connectivity index (χ1n) is 11.0. The standard InChI is InChI=1S/C27H23ClO6/c1-3-31-21-6-4-17(5-7-21)9-24-26(29)25-16(2)8-22(12-23(25)34-24)32-14-19-11-20(28)10-18-13-30-15-33-27(18)19/h4-12H,3,13-15H2,1-2H3/b24-9-. The van der Waals surface area contributed by atoms with E-state index in [0.29, 0.717) is 35.3 Å². The molecule has 0 saturated carbocycles. The zero-order valence-corrected chi connectivity index (χ0v) is 19.6. The summed E-state index contributed by atoms with van der Waals surface area (Å²) in [7, 11) is 0. The minimum atomic E-state index is -0.148. The number of ketones is 1. The van der Waals surface area contributed by atoms with Gasteiger partial charge in [-0.25, -0.2) is 0 Å². The molecule has 0 aliphatic carbocycles. The zero-order valence-electron chi connectivity index (χ0n) is 18.9. The van der Waals surface area contributed by atoms with Crippen molar-refractivity contribution in [1.29, 1.82) is 0 Å². The van der Waals surface area contributed by atoms with E-state index in [-0.39, 0.29) is 24.9 Å². The molecule has 2 heterocycles. The van der Waals surface area contributed by atoms with E-state index in [4.69, 9.17) is 35.3 Å². The quantitative estimate of drug-likeness (QED) is 0.398. The number of fused-ring (bicyclic) bond motifs is 2. The number of ether oxygens (including phenoxy) is 5. The summed E-state index contributed by atoms with van der Waals surface area (Å²) in [5, 5.41) is 0.592. The molecule has 0 fully saturated rings. The van der Waals surface area contributed by atoms with Crippen LogP contribution < -0.4 is 18.9 Å². The van der Waals surface area contributed by atoms with Crippen LogP contribution in [0, 0.1) is 6.92 Å². The van der Waals surface area contributed by atoms with Gasteiger partial charge in [-0.2, -0.15) is 0 Å². The molecule has 34 heavy (non-hydrogen) atoms. The lowest BCUT2D eigenvalue weighted by atomic mass is 10.0. The fraction of sp³-hybridized carbons (Fsp3) is 0.222. The van der Waals surface area contributed by atoms with Crippen molar-refractivity contribution >= 4 is 23.5 Å². The van der Waals surface area contributed by atoms with Gasteiger partial charge in [0.2, 0.25) is 5.78 Å². The smallest absolute Gasteiger partial charge is 0.232 e. The van der Waals surface area contributed by atoms with Crippen molar-refractivity contribution in [1.82, 2.24) is 0 Å². The summed E-state index contributed by atoms with van der Waals surface area (Å²) in [6.45, 7) is 5.30. The predicted octanol–water partition coefficient (Wildman–Crippen LogP) is 6.11. The van der Waals surface area contributed by atoms with Crippen molar-refractivity contribution in [3.8, 4) is 23.0 Å². The van der Waals surface area contributed by atoms with Gasteiger partial charge in [0.05, 0.1) is 18.8 Å². The molecule has 5 rings (SSSR count). The Hall–Kier alpha value is -3.48. The third-order valence-corrected chi connectivity index (χ3v) is 5.80. The second-order valence-electron chi connectivity index (χ2n) is 8.01. The molecule has 174 valence electrons. The maximum Gasteiger partial charge on any atom is 0.232 e. The van der Waals surface area contributed by atoms with E-state index < -0.39 is 0 Å². The number of allylic oxidation sites excluding steroid dienone is 1. The summed E-state index contributed by atoms with van der Waals surface area (Å²) in [6.07, 6.45) is 1.73. The van der Waals surface area contributed by atoms with Crippen LogP contribution in [0.25, 0.3) is 6.08 Å². The maximum absolute atomic E-state index is 13.0. The van der Waals surface area contributed by atoms with Gasteiger partial charge in [-0.15, -0.1) is 0 Å². The zero-order chi connectivity index (χ0) is 23.7. The van der Waals surface area contributed by atoms with Gasteiger partial charge in [-0.1, -0.05) is 23.7 Å². The van der Waals surface area contributed by atoms with Crippen molar-refractivity contribution in [2.24, 2.45) is 0 Å². The molecule has 0 radical (unpaired) electrons. The minimum Gasteiger partial charge on any atom is -0.494 e. The molecule has 7 heteroatoms. The monoisotopic (exact) mass is 478 g/mol. The largest absolute Gasteiger partial charge is 0.494 e. The molecular formula is C27H23ClO6. The number of hydrogen-bond donors (Lipinski definition) is 0. The number of carbonyl (C=O) groups is 1. The topological polar surface area (TPSA) is 63.2 Å². The molecule has 0 unspecified atom stereocenters. The van der Waals surface area contributed by atoms with Crippen LogP contribution in [0.15, 0.2) is 54.3 Å². The molecule has 6 nitrogen and oxygen atoms in total. The third-order valence-electron chi connectivity index (χ3n) is 5.58. The fourth-order valence-electron chi connectivity index (χ4n) is 4.06. The molecule has 0 bridgehead atoms. The van der Waals surface area contributed by atoms with E-state index in [2.05, 4.69) is 0 Å². The van der Waals surface area contributed by atoms with Crippen molar-refractivity contribution in [2.45, 2.75) is 27.1 Å². The Morgan fingerprint density at radius 1 is 1.06 bits per heavy atom. The van der Waals surface area contributed by atoms with Crippen LogP contribution in [0.4, 0.5) is 0 Å². The van der Waals surface area contributed by atoms with E-state index in [9.17, 15) is 4.79 Å². The van der Waals surface area contributed by atoms with E-state index in [1.54, 1.807) is 12.1 Å². The Morgan fingerprint density at radius 3 is 2.68 bits per heavy atom. The minimum absolute atomic E-state index is 0.148. The Morgan fingerprint density at radius 2 is 1.88 bits per heavy atom. The Bertz CT molecular complexity index is 1280. The molecule has 3 aromatic carbocycles. The summed E-state index contributed by atoms with van der Waals surface area (Å²) < 4.78 is 28.4. The van der Waals surface area contributed by atoms with Crippen molar-refractivity contribution in [3.05, 3.63) is 87.1 Å². The molecule has 0 saturated heterocycles. The van der Waals surface area contributed by atoms with Crippen molar-refractivity contribution in [2.75, 3.05) is 13.4 Å². The number of hydrogen-bond acceptors (Lipinski definition) is 6. The van der Waals surface area contributed by atoms with Gasteiger partial charge in [0.25, 0.3) is 0 Å². The summed E-state index contributed by atoms with van der Waals surface area (Å²) >= 11 is 6.25. The lowest BCUT2D eigenvalue weighted by Crippen LogP contribution is -2.14. The summed E-state index contributed by atoms with van der Waals surface area (Å²) in [4.78, 5) is 13.0. The second kappa shape index (κ2) is 9.41. The van der Waals surface area contributed by atoms with E-state index in [0.717, 1.165) is 33.8 Å². The highest BCUT2D eigenvalue weighted by Crippen LogP contribution is 2.38. The van der Waals surface area contributed by atoms with Crippen LogP contribution >= 0.6 is 11.6 Å². The normalized spacial score (nSPS) is 15.4. The molecule has 0 atom stereocenters. The summed E-state index contributed by atoms with van der Waals surface area (Å²) in [5.74, 6) is 2.72. The van der Waals surface area contributed by atoms with Gasteiger partial charge in [0, 0.05) is 22.2 Å². The highest BCUT2D eigenvalue weighted by molar-refractivity contribution is 6.30. The second-order valence-corrected chi connectivity index (χ2v) is 8.44. The van der Waals surface area contributed by atoms with Gasteiger partial charge in [-0.3, -0.25) is 4.79 Å². The number of halogens is 1. The van der Waals surface area contributed by atoms with E-state index in [1.807, 2.05) is 56.3 Å². The number of rotatable bonds is 6.